The molecule has 0 atom stereocenters. The van der Waals surface area contributed by atoms with Crippen LogP contribution in [-0.4, -0.2) is 51.0 Å². The maximum atomic E-state index is 10.7. The third-order valence-electron chi connectivity index (χ3n) is 0.691. The molecule has 0 heterocycles. The normalized spacial score (nSPS) is 9.00. The summed E-state index contributed by atoms with van der Waals surface area (Å²) in [4.78, 5) is 10.7. The minimum Gasteiger partial charge on any atom is -0.431 e. The van der Waals surface area contributed by atoms with Gasteiger partial charge in [-0.25, -0.2) is 4.79 Å². The summed E-state index contributed by atoms with van der Waals surface area (Å²) in [6.45, 7) is 16.5. The summed E-state index contributed by atoms with van der Waals surface area (Å²) >= 11 is 0. The molecule has 0 aliphatic rings. The number of esters is 1. The minimum absolute atomic E-state index is 0. The second-order valence-electron chi connectivity index (χ2n) is 5.12. The predicted molar refractivity (Wildman–Crippen MR) is 84.7 cm³/mol. The fourth-order valence-corrected chi connectivity index (χ4v) is 0.314. The van der Waals surface area contributed by atoms with Gasteiger partial charge in [0.2, 0.25) is 5.79 Å². The molecule has 0 radical (unpaired) electrons. The van der Waals surface area contributed by atoms with Crippen molar-refractivity contribution in [2.45, 2.75) is 73.4 Å². The van der Waals surface area contributed by atoms with E-state index in [4.69, 9.17) is 20.4 Å². The van der Waals surface area contributed by atoms with Crippen LogP contribution in [0.4, 0.5) is 0 Å². The van der Waals surface area contributed by atoms with Crippen LogP contribution in [0.1, 0.15) is 55.4 Å². The van der Waals surface area contributed by atoms with E-state index in [2.05, 4.69) is 11.3 Å². The van der Waals surface area contributed by atoms with E-state index in [9.17, 15) is 4.79 Å². The molecule has 0 saturated heterocycles. The molecule has 0 aromatic carbocycles. The van der Waals surface area contributed by atoms with Crippen LogP contribution in [0.25, 0.3) is 0 Å². The van der Waals surface area contributed by atoms with Crippen molar-refractivity contribution in [2.75, 3.05) is 6.61 Å². The largest absolute Gasteiger partial charge is 0.431 e. The molecule has 4 N–H and O–H groups in total. The van der Waals surface area contributed by atoms with E-state index in [0.717, 1.165) is 0 Å². The van der Waals surface area contributed by atoms with Crippen LogP contribution in [0.5, 0.6) is 0 Å². The van der Waals surface area contributed by atoms with Crippen LogP contribution in [0.2, 0.25) is 0 Å². The molecule has 7 heteroatoms. The molecule has 6 nitrogen and oxygen atoms in total. The van der Waals surface area contributed by atoms with Gasteiger partial charge in [-0.15, -0.1) is 0 Å². The van der Waals surface area contributed by atoms with Gasteiger partial charge < -0.3 is 25.2 Å². The number of carbonyl (C=O) groups excluding carboxylic acids is 1. The quantitative estimate of drug-likeness (QED) is 0.259. The number of hydrogen-bond acceptors (Lipinski definition) is 6. The molecule has 0 aliphatic heterocycles. The Morgan fingerprint density at radius 1 is 1.14 bits per heavy atom. The molecule has 0 fully saturated rings. The van der Waals surface area contributed by atoms with Gasteiger partial charge in [0.1, 0.15) is 0 Å². The topological polar surface area (TPSA) is 107 Å². The van der Waals surface area contributed by atoms with Gasteiger partial charge in [0, 0.05) is 60.0 Å². The Bertz CT molecular complexity index is 235. The van der Waals surface area contributed by atoms with Crippen LogP contribution in [0, 0.1) is 0 Å². The van der Waals surface area contributed by atoms with E-state index in [1.54, 1.807) is 34.6 Å². The smallest absolute Gasteiger partial charge is 0.335 e. The summed E-state index contributed by atoms with van der Waals surface area (Å²) in [5.41, 5.74) is 0.280. The van der Waals surface area contributed by atoms with Crippen molar-refractivity contribution in [3.63, 3.8) is 0 Å². The molecule has 0 rings (SSSR count). The maximum Gasteiger partial charge on any atom is 0.335 e. The fraction of sp³-hybridized carbons (Fsp3) is 0.800. The van der Waals surface area contributed by atoms with Gasteiger partial charge in [0.25, 0.3) is 0 Å². The second-order valence-corrected chi connectivity index (χ2v) is 5.12. The summed E-state index contributed by atoms with van der Waals surface area (Å²) in [6, 6.07) is 0. The molecule has 22 heavy (non-hydrogen) atoms. The van der Waals surface area contributed by atoms with Gasteiger partial charge in [0.15, 0.2) is 0 Å². The first-order valence-electron chi connectivity index (χ1n) is 6.79. The summed E-state index contributed by atoms with van der Waals surface area (Å²) in [5.74, 6) is -1.98. The van der Waals surface area contributed by atoms with Crippen molar-refractivity contribution in [3.05, 3.63) is 12.2 Å². The van der Waals surface area contributed by atoms with Gasteiger partial charge in [0.05, 0.1) is 0 Å². The van der Waals surface area contributed by atoms with Crippen molar-refractivity contribution in [1.82, 2.24) is 0 Å². The van der Waals surface area contributed by atoms with E-state index in [1.807, 2.05) is 0 Å². The number of ether oxygens (including phenoxy) is 1. The summed E-state index contributed by atoms with van der Waals surface area (Å²) in [7, 11) is 0. The van der Waals surface area contributed by atoms with Crippen LogP contribution < -0.4 is 0 Å². The Hall–Kier alpha value is -0.236. The van der Waals surface area contributed by atoms with Gasteiger partial charge in [-0.3, -0.25) is 0 Å². The molecule has 0 aromatic rings. The molecule has 0 bridgehead atoms. The van der Waals surface area contributed by atoms with Crippen molar-refractivity contribution >= 4 is 5.97 Å². The molecule has 0 aliphatic carbocycles. The zero-order chi connectivity index (χ0) is 18.2. The van der Waals surface area contributed by atoms with Gasteiger partial charge in [-0.1, -0.05) is 6.58 Å². The van der Waals surface area contributed by atoms with Crippen molar-refractivity contribution in [2.24, 2.45) is 0 Å². The van der Waals surface area contributed by atoms with Crippen molar-refractivity contribution < 1.29 is 51.7 Å². The number of rotatable bonds is 2. The van der Waals surface area contributed by atoms with E-state index in [-0.39, 0.29) is 46.1 Å². The average molecular weight is 358 g/mol. The molecule has 0 amide bonds. The Morgan fingerprint density at radius 2 is 1.32 bits per heavy atom. The number of aliphatic hydroxyl groups is 4. The first-order chi connectivity index (χ1) is 9.21. The monoisotopic (exact) mass is 358 g/mol. The molecule has 0 spiro atoms. The molecule has 0 saturated carbocycles. The number of aliphatic hydroxyl groups excluding tert-OH is 3. The van der Waals surface area contributed by atoms with E-state index in [0.29, 0.717) is 0 Å². The van der Waals surface area contributed by atoms with Crippen LogP contribution >= 0.6 is 0 Å². The van der Waals surface area contributed by atoms with Crippen LogP contribution in [0.3, 0.4) is 0 Å². The van der Waals surface area contributed by atoms with E-state index < -0.39 is 11.8 Å². The summed E-state index contributed by atoms with van der Waals surface area (Å²) in [5, 5.41) is 32.6. The summed E-state index contributed by atoms with van der Waals surface area (Å²) in [6.07, 6.45) is -0.333. The Morgan fingerprint density at radius 3 is 1.36 bits per heavy atom. The fourth-order valence-electron chi connectivity index (χ4n) is 0.314. The zero-order valence-electron chi connectivity index (χ0n) is 15.2. The molecule has 134 valence electrons. The number of carbonyl (C=O) groups is 1. The van der Waals surface area contributed by atoms with Crippen LogP contribution in [-0.2, 0) is 31.2 Å². The van der Waals surface area contributed by atoms with Crippen molar-refractivity contribution in [3.8, 4) is 0 Å². The maximum absolute atomic E-state index is 10.7. The minimum atomic E-state index is -1.41. The van der Waals surface area contributed by atoms with Gasteiger partial charge in [-0.2, -0.15) is 0 Å². The van der Waals surface area contributed by atoms with E-state index >= 15 is 0 Å². The van der Waals surface area contributed by atoms with Gasteiger partial charge >= 0.3 is 5.97 Å². The van der Waals surface area contributed by atoms with Gasteiger partial charge in [-0.05, 0) is 41.5 Å². The first-order valence-corrected chi connectivity index (χ1v) is 6.79. The molecular weight excluding hydrogens is 324 g/mol. The third kappa shape index (κ3) is 90.6. The average Bonchev–Trinajstić information content (AvgIpc) is 2.13. The third-order valence-corrected chi connectivity index (χ3v) is 0.691. The molecule has 0 aromatic heterocycles. The first kappa shape index (κ1) is 33.4. The SMILES string of the molecule is C=C(C)C(=O)OC(C)(C)O.CC(C)O.CC(C)O.CCO.[Ti]. The zero-order valence-corrected chi connectivity index (χ0v) is 16.7. The molecule has 0 unspecified atom stereocenters. The second kappa shape index (κ2) is 20.8. The molecular formula is C15H34O6Ti. The Labute approximate surface area is 150 Å². The Balaban J connectivity index is -0.0000000674. The Kier molecular flexibility index (Phi) is 31.5. The summed E-state index contributed by atoms with van der Waals surface area (Å²) < 4.78 is 4.52. The predicted octanol–water partition coefficient (Wildman–Crippen LogP) is 1.60. The standard InChI is InChI=1S/C7H12O3.2C3H8O.C2H6O.Ti/c1-5(2)6(8)10-7(3,4)9;2*1-3(2)4;1-2-3;/h9H,1H2,2-4H3;2*3-4H,1-2H3;3H,2H2,1H3;. The number of hydrogen-bond donors (Lipinski definition) is 4. The van der Waals surface area contributed by atoms with Crippen LogP contribution in [0.15, 0.2) is 12.2 Å². The van der Waals surface area contributed by atoms with E-state index in [1.165, 1.54) is 20.8 Å². The van der Waals surface area contributed by atoms with Crippen molar-refractivity contribution in [1.29, 1.82) is 0 Å².